The number of unbranched alkanes of at least 4 members (excludes halogenated alkanes) is 2. The molecule has 0 spiro atoms. The summed E-state index contributed by atoms with van der Waals surface area (Å²) >= 11 is 0. The minimum absolute atomic E-state index is 1.12. The number of hydrogen-bond acceptors (Lipinski definition) is 0. The summed E-state index contributed by atoms with van der Waals surface area (Å²) in [6, 6.07) is 15.6. The first-order valence-electron chi connectivity index (χ1n) is 9.24. The summed E-state index contributed by atoms with van der Waals surface area (Å²) in [6.07, 6.45) is 11.3. The SMILES string of the molecule is CCCCC1=CCC(c2cccc3ccccc23)=C1CCCC. The fourth-order valence-electron chi connectivity index (χ4n) is 3.71. The molecule has 0 radical (unpaired) electrons. The average Bonchev–Trinajstić information content (AvgIpc) is 3.00. The number of rotatable bonds is 7. The quantitative estimate of drug-likeness (QED) is 0.503. The van der Waals surface area contributed by atoms with E-state index in [2.05, 4.69) is 62.4 Å². The lowest BCUT2D eigenvalue weighted by Gasteiger charge is -2.14. The van der Waals surface area contributed by atoms with Gasteiger partial charge >= 0.3 is 0 Å². The molecule has 120 valence electrons. The molecule has 1 aliphatic rings. The number of fused-ring (bicyclic) bond motifs is 1. The molecule has 3 rings (SSSR count). The Hall–Kier alpha value is -1.82. The largest absolute Gasteiger partial charge is 0.0766 e. The van der Waals surface area contributed by atoms with Crippen molar-refractivity contribution in [2.75, 3.05) is 0 Å². The van der Waals surface area contributed by atoms with Crippen molar-refractivity contribution < 1.29 is 0 Å². The van der Waals surface area contributed by atoms with E-state index in [0.717, 1.165) is 6.42 Å². The molecule has 0 amide bonds. The Morgan fingerprint density at radius 2 is 1.57 bits per heavy atom. The van der Waals surface area contributed by atoms with E-state index in [1.165, 1.54) is 54.9 Å². The summed E-state index contributed by atoms with van der Waals surface area (Å²) < 4.78 is 0. The molecule has 0 bridgehead atoms. The van der Waals surface area contributed by atoms with Crippen LogP contribution < -0.4 is 0 Å². The molecular formula is C23H28. The first-order chi connectivity index (χ1) is 11.3. The van der Waals surface area contributed by atoms with Crippen LogP contribution in [0.5, 0.6) is 0 Å². The van der Waals surface area contributed by atoms with Gasteiger partial charge in [-0.05, 0) is 65.2 Å². The van der Waals surface area contributed by atoms with E-state index in [1.807, 2.05) is 0 Å². The fourth-order valence-corrected chi connectivity index (χ4v) is 3.71. The number of allylic oxidation sites excluding steroid dienone is 4. The monoisotopic (exact) mass is 304 g/mol. The van der Waals surface area contributed by atoms with Gasteiger partial charge in [0.25, 0.3) is 0 Å². The van der Waals surface area contributed by atoms with Gasteiger partial charge in [-0.25, -0.2) is 0 Å². The normalized spacial score (nSPS) is 14.6. The van der Waals surface area contributed by atoms with Crippen LogP contribution in [0.15, 0.2) is 59.7 Å². The summed E-state index contributed by atoms with van der Waals surface area (Å²) in [5, 5.41) is 2.76. The van der Waals surface area contributed by atoms with Crippen molar-refractivity contribution in [3.8, 4) is 0 Å². The van der Waals surface area contributed by atoms with Crippen molar-refractivity contribution in [3.63, 3.8) is 0 Å². The van der Waals surface area contributed by atoms with Crippen molar-refractivity contribution in [3.05, 3.63) is 65.3 Å². The molecule has 0 heterocycles. The second kappa shape index (κ2) is 7.64. The molecule has 2 aromatic carbocycles. The molecule has 0 fully saturated rings. The highest BCUT2D eigenvalue weighted by Crippen LogP contribution is 2.40. The second-order valence-electron chi connectivity index (χ2n) is 6.62. The third-order valence-corrected chi connectivity index (χ3v) is 5.00. The highest BCUT2D eigenvalue weighted by Gasteiger charge is 2.19. The van der Waals surface area contributed by atoms with E-state index < -0.39 is 0 Å². The highest BCUT2D eigenvalue weighted by atomic mass is 14.2. The molecule has 0 heteroatoms. The zero-order valence-corrected chi connectivity index (χ0v) is 14.6. The molecule has 0 saturated carbocycles. The van der Waals surface area contributed by atoms with E-state index >= 15 is 0 Å². The van der Waals surface area contributed by atoms with Crippen LogP contribution in [0.2, 0.25) is 0 Å². The Bertz CT molecular complexity index is 725. The molecule has 0 nitrogen and oxygen atoms in total. The van der Waals surface area contributed by atoms with Crippen LogP contribution in [0.25, 0.3) is 16.3 Å². The molecule has 0 aromatic heterocycles. The van der Waals surface area contributed by atoms with Gasteiger partial charge in [-0.3, -0.25) is 0 Å². The number of hydrogen-bond donors (Lipinski definition) is 0. The Kier molecular flexibility index (Phi) is 5.33. The third kappa shape index (κ3) is 3.42. The summed E-state index contributed by atoms with van der Waals surface area (Å²) in [5.74, 6) is 0. The first-order valence-corrected chi connectivity index (χ1v) is 9.24. The lowest BCUT2D eigenvalue weighted by Crippen LogP contribution is -1.93. The maximum Gasteiger partial charge on any atom is -0.00825 e. The molecular weight excluding hydrogens is 276 g/mol. The van der Waals surface area contributed by atoms with Crippen molar-refractivity contribution in [2.45, 2.75) is 58.8 Å². The van der Waals surface area contributed by atoms with Crippen molar-refractivity contribution in [1.29, 1.82) is 0 Å². The van der Waals surface area contributed by atoms with Crippen LogP contribution in [-0.2, 0) is 0 Å². The van der Waals surface area contributed by atoms with Crippen LogP contribution in [0.4, 0.5) is 0 Å². The van der Waals surface area contributed by atoms with Crippen LogP contribution in [0, 0.1) is 0 Å². The smallest absolute Gasteiger partial charge is 0.00825 e. The molecule has 1 aliphatic carbocycles. The molecule has 23 heavy (non-hydrogen) atoms. The van der Waals surface area contributed by atoms with E-state index in [1.54, 1.807) is 16.7 Å². The van der Waals surface area contributed by atoms with Gasteiger partial charge in [-0.1, -0.05) is 75.2 Å². The summed E-state index contributed by atoms with van der Waals surface area (Å²) in [7, 11) is 0. The van der Waals surface area contributed by atoms with Gasteiger partial charge in [-0.15, -0.1) is 0 Å². The van der Waals surface area contributed by atoms with Crippen molar-refractivity contribution >= 4 is 16.3 Å². The van der Waals surface area contributed by atoms with Gasteiger partial charge in [0.05, 0.1) is 0 Å². The maximum absolute atomic E-state index is 2.50. The van der Waals surface area contributed by atoms with Gasteiger partial charge in [0.15, 0.2) is 0 Å². The highest BCUT2D eigenvalue weighted by molar-refractivity contribution is 5.96. The van der Waals surface area contributed by atoms with Crippen LogP contribution in [-0.4, -0.2) is 0 Å². The topological polar surface area (TPSA) is 0 Å². The molecule has 0 N–H and O–H groups in total. The Balaban J connectivity index is 2.03. The lowest BCUT2D eigenvalue weighted by molar-refractivity contribution is 0.757. The molecule has 0 unspecified atom stereocenters. The predicted octanol–water partition coefficient (Wildman–Crippen LogP) is 7.30. The van der Waals surface area contributed by atoms with E-state index in [9.17, 15) is 0 Å². The fraction of sp³-hybridized carbons (Fsp3) is 0.391. The van der Waals surface area contributed by atoms with Gasteiger partial charge in [0.2, 0.25) is 0 Å². The lowest BCUT2D eigenvalue weighted by atomic mass is 9.91. The van der Waals surface area contributed by atoms with Gasteiger partial charge in [0.1, 0.15) is 0 Å². The Labute approximate surface area is 140 Å². The van der Waals surface area contributed by atoms with Gasteiger partial charge < -0.3 is 0 Å². The van der Waals surface area contributed by atoms with E-state index in [4.69, 9.17) is 0 Å². The van der Waals surface area contributed by atoms with Gasteiger partial charge in [0, 0.05) is 0 Å². The molecule has 2 aromatic rings. The standard InChI is InChI=1S/C23H28/c1-3-5-10-19-16-17-23(20(19)13-6-4-2)22-15-9-12-18-11-7-8-14-21(18)22/h7-9,11-12,14-16H,3-6,10,13,17H2,1-2H3. The summed E-state index contributed by atoms with van der Waals surface area (Å²) in [4.78, 5) is 0. The predicted molar refractivity (Wildman–Crippen MR) is 103 cm³/mol. The molecule has 0 atom stereocenters. The zero-order valence-electron chi connectivity index (χ0n) is 14.6. The Morgan fingerprint density at radius 3 is 2.39 bits per heavy atom. The van der Waals surface area contributed by atoms with Gasteiger partial charge in [-0.2, -0.15) is 0 Å². The van der Waals surface area contributed by atoms with Crippen LogP contribution in [0.1, 0.15) is 64.4 Å². The van der Waals surface area contributed by atoms with Crippen LogP contribution in [0.3, 0.4) is 0 Å². The average molecular weight is 304 g/mol. The second-order valence-corrected chi connectivity index (χ2v) is 6.62. The zero-order chi connectivity index (χ0) is 16.1. The third-order valence-electron chi connectivity index (χ3n) is 5.00. The maximum atomic E-state index is 2.50. The minimum atomic E-state index is 1.12. The van der Waals surface area contributed by atoms with E-state index in [0.29, 0.717) is 0 Å². The van der Waals surface area contributed by atoms with Crippen molar-refractivity contribution in [1.82, 2.24) is 0 Å². The number of benzene rings is 2. The van der Waals surface area contributed by atoms with E-state index in [-0.39, 0.29) is 0 Å². The summed E-state index contributed by atoms with van der Waals surface area (Å²) in [5.41, 5.74) is 6.32. The first kappa shape index (κ1) is 16.1. The van der Waals surface area contributed by atoms with Crippen LogP contribution >= 0.6 is 0 Å². The molecule has 0 saturated heterocycles. The minimum Gasteiger partial charge on any atom is -0.0766 e. The summed E-state index contributed by atoms with van der Waals surface area (Å²) in [6.45, 7) is 4.58. The Morgan fingerprint density at radius 1 is 0.826 bits per heavy atom. The molecule has 0 aliphatic heterocycles. The van der Waals surface area contributed by atoms with Crippen molar-refractivity contribution in [2.24, 2.45) is 0 Å².